The predicted octanol–water partition coefficient (Wildman–Crippen LogP) is 3.01. The van der Waals surface area contributed by atoms with E-state index in [1.54, 1.807) is 6.92 Å². The van der Waals surface area contributed by atoms with Crippen molar-refractivity contribution in [1.82, 2.24) is 10.2 Å². The van der Waals surface area contributed by atoms with E-state index < -0.39 is 23.7 Å². The molecule has 2 heterocycles. The first kappa shape index (κ1) is 22.4. The van der Waals surface area contributed by atoms with Gasteiger partial charge in [-0.05, 0) is 35.1 Å². The molecule has 8 heteroatoms. The summed E-state index contributed by atoms with van der Waals surface area (Å²) in [6.07, 6.45) is 0.309. The van der Waals surface area contributed by atoms with E-state index in [-0.39, 0.29) is 30.9 Å². The molecular formula is C26H28N2O6. The monoisotopic (exact) mass is 464 g/mol. The predicted molar refractivity (Wildman–Crippen MR) is 123 cm³/mol. The molecule has 2 aromatic rings. The average Bonchev–Trinajstić information content (AvgIpc) is 3.51. The number of nitrogens with zero attached hydrogens (tertiary/aromatic N) is 1. The van der Waals surface area contributed by atoms with E-state index in [4.69, 9.17) is 9.47 Å². The number of fused-ring (bicyclic) bond motifs is 4. The van der Waals surface area contributed by atoms with Crippen LogP contribution < -0.4 is 5.32 Å². The SMILES string of the molecule is CC[C@H](NC(=O)OCC1c2ccccc2-c2ccccc21)C(=O)N1CC2CCOC2(C(=O)O)C1. The fourth-order valence-corrected chi connectivity index (χ4v) is 5.57. The van der Waals surface area contributed by atoms with Crippen LogP contribution in [0.2, 0.25) is 0 Å². The zero-order valence-corrected chi connectivity index (χ0v) is 19.0. The number of rotatable bonds is 6. The number of likely N-dealkylation sites (tertiary alicyclic amines) is 1. The van der Waals surface area contributed by atoms with Crippen LogP contribution in [0.5, 0.6) is 0 Å². The van der Waals surface area contributed by atoms with E-state index in [1.807, 2.05) is 36.4 Å². The largest absolute Gasteiger partial charge is 0.479 e. The Morgan fingerprint density at radius 2 is 1.79 bits per heavy atom. The highest BCUT2D eigenvalue weighted by Gasteiger charge is 2.58. The Bertz CT molecular complexity index is 1090. The van der Waals surface area contributed by atoms with Crippen LogP contribution in [0, 0.1) is 5.92 Å². The number of ether oxygens (including phenoxy) is 2. The van der Waals surface area contributed by atoms with Crippen molar-refractivity contribution in [3.63, 3.8) is 0 Å². The Morgan fingerprint density at radius 1 is 1.15 bits per heavy atom. The third kappa shape index (κ3) is 3.62. The number of alkyl carbamates (subject to hydrolysis) is 1. The van der Waals surface area contributed by atoms with Crippen LogP contribution in [-0.2, 0) is 19.1 Å². The van der Waals surface area contributed by atoms with Crippen LogP contribution in [0.1, 0.15) is 36.8 Å². The molecule has 2 saturated heterocycles. The molecule has 0 aromatic heterocycles. The molecule has 2 N–H and O–H groups in total. The molecule has 2 unspecified atom stereocenters. The first-order valence-electron chi connectivity index (χ1n) is 11.7. The Morgan fingerprint density at radius 3 is 2.38 bits per heavy atom. The number of aliphatic carboxylic acids is 1. The van der Waals surface area contributed by atoms with Crippen LogP contribution in [0.15, 0.2) is 48.5 Å². The summed E-state index contributed by atoms with van der Waals surface area (Å²) < 4.78 is 11.1. The second-order valence-electron chi connectivity index (χ2n) is 9.18. The summed E-state index contributed by atoms with van der Waals surface area (Å²) in [5.41, 5.74) is 3.17. The van der Waals surface area contributed by atoms with E-state index in [9.17, 15) is 19.5 Å². The van der Waals surface area contributed by atoms with Crippen molar-refractivity contribution in [3.05, 3.63) is 59.7 Å². The van der Waals surface area contributed by atoms with Crippen molar-refractivity contribution < 1.29 is 29.0 Å². The summed E-state index contributed by atoms with van der Waals surface area (Å²) in [7, 11) is 0. The lowest BCUT2D eigenvalue weighted by molar-refractivity contribution is -0.161. The Balaban J connectivity index is 1.22. The minimum Gasteiger partial charge on any atom is -0.479 e. The number of amides is 2. The van der Waals surface area contributed by atoms with Crippen molar-refractivity contribution in [1.29, 1.82) is 0 Å². The Hall–Kier alpha value is -3.39. The van der Waals surface area contributed by atoms with Gasteiger partial charge in [0.1, 0.15) is 12.6 Å². The maximum atomic E-state index is 13.1. The zero-order chi connectivity index (χ0) is 23.9. The number of hydrogen-bond donors (Lipinski definition) is 2. The van der Waals surface area contributed by atoms with Crippen LogP contribution in [0.3, 0.4) is 0 Å². The first-order valence-corrected chi connectivity index (χ1v) is 11.7. The lowest BCUT2D eigenvalue weighted by Crippen LogP contribution is -2.50. The van der Waals surface area contributed by atoms with Crippen LogP contribution in [-0.4, -0.2) is 65.9 Å². The van der Waals surface area contributed by atoms with Crippen LogP contribution in [0.25, 0.3) is 11.1 Å². The summed E-state index contributed by atoms with van der Waals surface area (Å²) in [5, 5.41) is 12.4. The van der Waals surface area contributed by atoms with Crippen molar-refractivity contribution >= 4 is 18.0 Å². The second-order valence-corrected chi connectivity index (χ2v) is 9.18. The minimum atomic E-state index is -1.34. The van der Waals surface area contributed by atoms with E-state index >= 15 is 0 Å². The molecule has 3 aliphatic rings. The number of hydrogen-bond acceptors (Lipinski definition) is 5. The Labute approximate surface area is 197 Å². The highest BCUT2D eigenvalue weighted by atomic mass is 16.5. The van der Waals surface area contributed by atoms with Crippen molar-refractivity contribution in [2.24, 2.45) is 5.92 Å². The van der Waals surface area contributed by atoms with Crippen LogP contribution >= 0.6 is 0 Å². The highest BCUT2D eigenvalue weighted by molar-refractivity contribution is 5.88. The molecule has 178 valence electrons. The van der Waals surface area contributed by atoms with Gasteiger partial charge >= 0.3 is 12.1 Å². The minimum absolute atomic E-state index is 0.00525. The van der Waals surface area contributed by atoms with E-state index in [2.05, 4.69) is 17.4 Å². The van der Waals surface area contributed by atoms with Crippen LogP contribution in [0.4, 0.5) is 4.79 Å². The number of carboxylic acid groups (broad SMARTS) is 1. The molecule has 2 aromatic carbocycles. The topological polar surface area (TPSA) is 105 Å². The number of nitrogens with one attached hydrogen (secondary N) is 1. The molecule has 2 fully saturated rings. The molecule has 2 amide bonds. The van der Waals surface area contributed by atoms with Gasteiger partial charge in [-0.1, -0.05) is 55.5 Å². The molecule has 2 aliphatic heterocycles. The van der Waals surface area contributed by atoms with Crippen molar-refractivity contribution in [2.75, 3.05) is 26.3 Å². The Kier molecular flexibility index (Phi) is 5.77. The van der Waals surface area contributed by atoms with Gasteiger partial charge in [-0.3, -0.25) is 4.79 Å². The lowest BCUT2D eigenvalue weighted by Gasteiger charge is -2.26. The standard InChI is InChI=1S/C26H28N2O6/c1-2-22(23(29)28-13-16-11-12-34-26(16,15-28)24(30)31)27-25(32)33-14-21-19-9-5-3-7-17(19)18-8-4-6-10-20(18)21/h3-10,16,21-22H,2,11-15H2,1H3,(H,27,32)(H,30,31)/t16?,22-,26?/m0/s1. The molecule has 5 rings (SSSR count). The lowest BCUT2D eigenvalue weighted by atomic mass is 9.91. The van der Waals surface area contributed by atoms with Gasteiger partial charge in [0.15, 0.2) is 5.60 Å². The van der Waals surface area contributed by atoms with Gasteiger partial charge in [-0.15, -0.1) is 0 Å². The molecule has 1 aliphatic carbocycles. The van der Waals surface area contributed by atoms with Gasteiger partial charge in [0.25, 0.3) is 0 Å². The average molecular weight is 465 g/mol. The second kappa shape index (κ2) is 8.76. The fraction of sp³-hybridized carbons (Fsp3) is 0.423. The molecule has 34 heavy (non-hydrogen) atoms. The van der Waals surface area contributed by atoms with E-state index in [1.165, 1.54) is 4.90 Å². The molecular weight excluding hydrogens is 436 g/mol. The van der Waals surface area contributed by atoms with Gasteiger partial charge in [-0.25, -0.2) is 9.59 Å². The molecule has 0 saturated carbocycles. The number of benzene rings is 2. The van der Waals surface area contributed by atoms with Crippen molar-refractivity contribution in [3.8, 4) is 11.1 Å². The quantitative estimate of drug-likeness (QED) is 0.681. The smallest absolute Gasteiger partial charge is 0.407 e. The fourth-order valence-electron chi connectivity index (χ4n) is 5.57. The van der Waals surface area contributed by atoms with E-state index in [0.717, 1.165) is 22.3 Å². The number of carboxylic acids is 1. The van der Waals surface area contributed by atoms with Gasteiger partial charge < -0.3 is 24.8 Å². The maximum Gasteiger partial charge on any atom is 0.407 e. The van der Waals surface area contributed by atoms with Gasteiger partial charge in [0.05, 0.1) is 6.54 Å². The first-order chi connectivity index (χ1) is 16.4. The summed E-state index contributed by atoms with van der Waals surface area (Å²) in [5.74, 6) is -1.65. The summed E-state index contributed by atoms with van der Waals surface area (Å²) in [4.78, 5) is 39.1. The number of carbonyl (C=O) groups excluding carboxylic acids is 2. The molecule has 8 nitrogen and oxygen atoms in total. The van der Waals surface area contributed by atoms with Gasteiger partial charge in [-0.2, -0.15) is 0 Å². The van der Waals surface area contributed by atoms with Gasteiger partial charge in [0.2, 0.25) is 5.91 Å². The van der Waals surface area contributed by atoms with E-state index in [0.29, 0.717) is 26.0 Å². The summed E-state index contributed by atoms with van der Waals surface area (Å²) >= 11 is 0. The molecule has 0 radical (unpaired) electrons. The normalized spacial score (nSPS) is 23.7. The summed E-state index contributed by atoms with van der Waals surface area (Å²) in [6.45, 7) is 2.65. The summed E-state index contributed by atoms with van der Waals surface area (Å²) in [6, 6.07) is 15.4. The molecule has 0 bridgehead atoms. The number of carbonyl (C=O) groups is 3. The third-order valence-corrected chi connectivity index (χ3v) is 7.37. The zero-order valence-electron chi connectivity index (χ0n) is 19.0. The molecule has 3 atom stereocenters. The van der Waals surface area contributed by atoms with Crippen molar-refractivity contribution in [2.45, 2.75) is 37.3 Å². The highest BCUT2D eigenvalue weighted by Crippen LogP contribution is 2.44. The molecule has 0 spiro atoms. The third-order valence-electron chi connectivity index (χ3n) is 7.37. The van der Waals surface area contributed by atoms with Gasteiger partial charge in [0, 0.05) is 25.0 Å². The maximum absolute atomic E-state index is 13.1.